The van der Waals surface area contributed by atoms with E-state index in [2.05, 4.69) is 34.6 Å². The number of hydrogen-bond donors (Lipinski definition) is 0. The highest BCUT2D eigenvalue weighted by Crippen LogP contribution is 2.30. The number of allylic oxidation sites excluding steroid dienone is 2. The standard InChI is InChI=1S/C19H14BrClO/c1-3-7-15(20)18-12(2)17-14(13-8-5-4-6-9-13)10-11-16(21)19(17)22-18/h3-11H,2H2,1H3/b7-3-,18-15-. The second-order valence-electron chi connectivity index (χ2n) is 4.92. The molecule has 0 radical (unpaired) electrons. The van der Waals surface area contributed by atoms with Gasteiger partial charge in [-0.25, -0.2) is 0 Å². The van der Waals surface area contributed by atoms with Gasteiger partial charge in [-0.2, -0.15) is 0 Å². The maximum Gasteiger partial charge on any atom is 0.154 e. The first-order valence-corrected chi connectivity index (χ1v) is 8.08. The molecule has 0 aliphatic carbocycles. The predicted octanol–water partition coefficient (Wildman–Crippen LogP) is 5.24. The molecule has 0 aliphatic rings. The van der Waals surface area contributed by atoms with Crippen LogP contribution in [0.2, 0.25) is 5.02 Å². The highest BCUT2D eigenvalue weighted by atomic mass is 79.9. The van der Waals surface area contributed by atoms with Gasteiger partial charge in [0.15, 0.2) is 5.58 Å². The lowest BCUT2D eigenvalue weighted by molar-refractivity contribution is 0.575. The summed E-state index contributed by atoms with van der Waals surface area (Å²) in [4.78, 5) is 0. The number of hydrogen-bond acceptors (Lipinski definition) is 1. The molecule has 0 aliphatic heterocycles. The Morgan fingerprint density at radius 3 is 2.59 bits per heavy atom. The normalized spacial score (nSPS) is 13.0. The van der Waals surface area contributed by atoms with Crippen LogP contribution < -0.4 is 10.6 Å². The van der Waals surface area contributed by atoms with E-state index in [-0.39, 0.29) is 0 Å². The van der Waals surface area contributed by atoms with Crippen molar-refractivity contribution in [1.29, 1.82) is 0 Å². The van der Waals surface area contributed by atoms with Gasteiger partial charge < -0.3 is 4.42 Å². The summed E-state index contributed by atoms with van der Waals surface area (Å²) < 4.78 is 6.83. The van der Waals surface area contributed by atoms with Gasteiger partial charge in [0.1, 0.15) is 5.42 Å². The van der Waals surface area contributed by atoms with E-state index in [1.54, 1.807) is 0 Å². The van der Waals surface area contributed by atoms with Crippen LogP contribution in [0.4, 0.5) is 0 Å². The first kappa shape index (κ1) is 15.1. The number of halogens is 2. The molecule has 1 aromatic heterocycles. The van der Waals surface area contributed by atoms with Crippen LogP contribution in [0.1, 0.15) is 6.92 Å². The third-order valence-corrected chi connectivity index (χ3v) is 4.43. The summed E-state index contributed by atoms with van der Waals surface area (Å²) >= 11 is 9.85. The van der Waals surface area contributed by atoms with Crippen LogP contribution >= 0.6 is 27.5 Å². The summed E-state index contributed by atoms with van der Waals surface area (Å²) in [7, 11) is 0. The summed E-state index contributed by atoms with van der Waals surface area (Å²) in [6.07, 6.45) is 3.87. The van der Waals surface area contributed by atoms with Crippen molar-refractivity contribution in [2.75, 3.05) is 0 Å². The van der Waals surface area contributed by atoms with Crippen molar-refractivity contribution in [1.82, 2.24) is 0 Å². The smallest absolute Gasteiger partial charge is 0.154 e. The van der Waals surface area contributed by atoms with E-state index in [0.717, 1.165) is 26.2 Å². The van der Waals surface area contributed by atoms with Crippen LogP contribution in [0.3, 0.4) is 0 Å². The number of furan rings is 1. The van der Waals surface area contributed by atoms with E-state index in [1.807, 2.05) is 49.4 Å². The molecule has 2 aromatic carbocycles. The van der Waals surface area contributed by atoms with Crippen LogP contribution in [0.25, 0.3) is 33.2 Å². The first-order chi connectivity index (χ1) is 10.6. The lowest BCUT2D eigenvalue weighted by Crippen LogP contribution is -2.19. The van der Waals surface area contributed by atoms with Gasteiger partial charge in [-0.3, -0.25) is 0 Å². The molecule has 0 bridgehead atoms. The van der Waals surface area contributed by atoms with Gasteiger partial charge >= 0.3 is 0 Å². The highest BCUT2D eigenvalue weighted by molar-refractivity contribution is 9.15. The van der Waals surface area contributed by atoms with Crippen LogP contribution in [0, 0.1) is 0 Å². The minimum absolute atomic E-state index is 0.589. The van der Waals surface area contributed by atoms with Crippen molar-refractivity contribution in [2.45, 2.75) is 6.92 Å². The Balaban J connectivity index is 2.46. The Morgan fingerprint density at radius 1 is 1.18 bits per heavy atom. The Bertz CT molecular complexity index is 968. The SMILES string of the molecule is C=c1/c(=C(Br)\C=C/C)oc2c(Cl)ccc(-c3ccccc3)c12. The fourth-order valence-corrected chi connectivity index (χ4v) is 3.29. The van der Waals surface area contributed by atoms with Gasteiger partial charge in [0.05, 0.1) is 9.51 Å². The van der Waals surface area contributed by atoms with Crippen LogP contribution in [0.5, 0.6) is 0 Å². The lowest BCUT2D eigenvalue weighted by Gasteiger charge is -2.03. The quantitative estimate of drug-likeness (QED) is 0.598. The van der Waals surface area contributed by atoms with E-state index >= 15 is 0 Å². The monoisotopic (exact) mass is 372 g/mol. The van der Waals surface area contributed by atoms with Crippen molar-refractivity contribution in [2.24, 2.45) is 0 Å². The second-order valence-corrected chi connectivity index (χ2v) is 6.18. The number of rotatable bonds is 2. The minimum atomic E-state index is 0.589. The first-order valence-electron chi connectivity index (χ1n) is 6.91. The molecule has 1 heterocycles. The molecule has 0 saturated heterocycles. The molecule has 0 unspecified atom stereocenters. The van der Waals surface area contributed by atoms with Gasteiger partial charge in [0.25, 0.3) is 0 Å². The van der Waals surface area contributed by atoms with Crippen molar-refractivity contribution in [3.63, 3.8) is 0 Å². The van der Waals surface area contributed by atoms with Crippen molar-refractivity contribution in [3.05, 3.63) is 70.3 Å². The van der Waals surface area contributed by atoms with Crippen LogP contribution in [0.15, 0.2) is 59.0 Å². The van der Waals surface area contributed by atoms with Gasteiger partial charge in [0, 0.05) is 10.6 Å². The zero-order chi connectivity index (χ0) is 15.7. The summed E-state index contributed by atoms with van der Waals surface area (Å²) in [6.45, 7) is 6.16. The molecule has 0 spiro atoms. The van der Waals surface area contributed by atoms with E-state index in [0.29, 0.717) is 16.0 Å². The molecule has 0 amide bonds. The summed E-state index contributed by atoms with van der Waals surface area (Å²) in [6, 6.07) is 14.0. The lowest BCUT2D eigenvalue weighted by atomic mass is 10.0. The van der Waals surface area contributed by atoms with Gasteiger partial charge in [-0.15, -0.1) is 0 Å². The fourth-order valence-electron chi connectivity index (χ4n) is 2.51. The van der Waals surface area contributed by atoms with Gasteiger partial charge in [0.2, 0.25) is 0 Å². The topological polar surface area (TPSA) is 13.1 Å². The molecule has 3 heteroatoms. The van der Waals surface area contributed by atoms with Crippen LogP contribution in [-0.4, -0.2) is 0 Å². The van der Waals surface area contributed by atoms with Crippen LogP contribution in [-0.2, 0) is 0 Å². The Kier molecular flexibility index (Phi) is 4.23. The molecule has 0 N–H and O–H groups in total. The van der Waals surface area contributed by atoms with E-state index in [9.17, 15) is 0 Å². The second kappa shape index (κ2) is 6.15. The Morgan fingerprint density at radius 2 is 1.91 bits per heavy atom. The third-order valence-electron chi connectivity index (χ3n) is 3.50. The zero-order valence-corrected chi connectivity index (χ0v) is 14.4. The maximum absolute atomic E-state index is 6.32. The third kappa shape index (κ3) is 2.53. The molecule has 22 heavy (non-hydrogen) atoms. The summed E-state index contributed by atoms with van der Waals surface area (Å²) in [5, 5.41) is 2.38. The molecule has 0 saturated carbocycles. The van der Waals surface area contributed by atoms with Crippen molar-refractivity contribution in [3.8, 4) is 11.1 Å². The average molecular weight is 374 g/mol. The predicted molar refractivity (Wildman–Crippen MR) is 98.6 cm³/mol. The summed E-state index contributed by atoms with van der Waals surface area (Å²) in [5.41, 5.74) is 3.56. The zero-order valence-electron chi connectivity index (χ0n) is 12.1. The largest absolute Gasteiger partial charge is 0.453 e. The molecule has 0 atom stereocenters. The molecule has 1 nitrogen and oxygen atoms in total. The van der Waals surface area contributed by atoms with Crippen molar-refractivity contribution >= 4 is 49.6 Å². The van der Waals surface area contributed by atoms with Gasteiger partial charge in [-0.1, -0.05) is 60.7 Å². The highest BCUT2D eigenvalue weighted by Gasteiger charge is 2.13. The molecule has 3 rings (SSSR count). The Labute approximate surface area is 142 Å². The van der Waals surface area contributed by atoms with E-state index in [1.165, 1.54) is 0 Å². The number of benzene rings is 2. The van der Waals surface area contributed by atoms with E-state index < -0.39 is 0 Å². The fraction of sp³-hybridized carbons (Fsp3) is 0.0526. The molecular weight excluding hydrogens is 360 g/mol. The molecule has 3 aromatic rings. The molecular formula is C19H14BrClO. The minimum Gasteiger partial charge on any atom is -0.453 e. The maximum atomic E-state index is 6.32. The van der Waals surface area contributed by atoms with Crippen molar-refractivity contribution < 1.29 is 4.42 Å². The number of fused-ring (bicyclic) bond motifs is 1. The Hall–Kier alpha value is -1.77. The van der Waals surface area contributed by atoms with E-state index in [4.69, 9.17) is 16.0 Å². The van der Waals surface area contributed by atoms with Gasteiger partial charge in [-0.05, 0) is 46.1 Å². The molecule has 0 fully saturated rings. The average Bonchev–Trinajstić information content (AvgIpc) is 2.88. The molecule has 110 valence electrons. The summed E-state index contributed by atoms with van der Waals surface area (Å²) in [5.74, 6) is 0.